The first-order valence-electron chi connectivity index (χ1n) is 9.77. The van der Waals surface area contributed by atoms with E-state index in [0.29, 0.717) is 30.0 Å². The van der Waals surface area contributed by atoms with Gasteiger partial charge < -0.3 is 13.8 Å². The number of hydrogen-bond donors (Lipinski definition) is 0. The van der Waals surface area contributed by atoms with Crippen LogP contribution in [-0.4, -0.2) is 44.4 Å². The van der Waals surface area contributed by atoms with Crippen molar-refractivity contribution in [3.8, 4) is 17.6 Å². The normalized spacial score (nSPS) is 18.6. The lowest BCUT2D eigenvalue weighted by molar-refractivity contribution is -0.140. The average Bonchev–Trinajstić information content (AvgIpc) is 3.28. The number of amides is 1. The number of benzene rings is 1. The number of hydrogen-bond acceptors (Lipinski definition) is 7. The molecule has 0 aliphatic carbocycles. The maximum absolute atomic E-state index is 12.6. The quantitative estimate of drug-likeness (QED) is 0.484. The summed E-state index contributed by atoms with van der Waals surface area (Å²) in [6.07, 6.45) is 0.692. The second-order valence-electron chi connectivity index (χ2n) is 7.09. The van der Waals surface area contributed by atoms with Gasteiger partial charge in [0.1, 0.15) is 17.3 Å². The molecule has 7 nitrogen and oxygen atoms in total. The van der Waals surface area contributed by atoms with Crippen LogP contribution in [0.3, 0.4) is 0 Å². The minimum atomic E-state index is -4.25. The van der Waals surface area contributed by atoms with E-state index in [2.05, 4.69) is 11.8 Å². The highest BCUT2D eigenvalue weighted by molar-refractivity contribution is 7.87. The Bertz CT molecular complexity index is 1080. The zero-order valence-corrected chi connectivity index (χ0v) is 18.9. The third kappa shape index (κ3) is 5.66. The molecule has 0 saturated carbocycles. The van der Waals surface area contributed by atoms with Crippen molar-refractivity contribution in [1.29, 1.82) is 0 Å². The highest BCUT2D eigenvalue weighted by atomic mass is 32.2. The maximum atomic E-state index is 12.6. The van der Waals surface area contributed by atoms with Crippen molar-refractivity contribution in [2.24, 2.45) is 5.92 Å². The molecule has 1 aromatic carbocycles. The molecule has 164 valence electrons. The first kappa shape index (κ1) is 22.8. The molecule has 1 amide bonds. The number of carbonyl (C=O) groups is 2. The van der Waals surface area contributed by atoms with E-state index in [1.54, 1.807) is 17.9 Å². The minimum Gasteiger partial charge on any atom is -0.481 e. The topological polar surface area (TPSA) is 90.0 Å². The Morgan fingerprint density at radius 2 is 1.97 bits per heavy atom. The van der Waals surface area contributed by atoms with E-state index < -0.39 is 22.0 Å². The Balaban J connectivity index is 1.59. The predicted molar refractivity (Wildman–Crippen MR) is 116 cm³/mol. The van der Waals surface area contributed by atoms with Crippen LogP contribution in [0.2, 0.25) is 0 Å². The molecular weight excluding hydrogens is 438 g/mol. The van der Waals surface area contributed by atoms with Gasteiger partial charge in [-0.3, -0.25) is 9.59 Å². The lowest BCUT2D eigenvalue weighted by Crippen LogP contribution is -2.46. The minimum absolute atomic E-state index is 0.0748. The van der Waals surface area contributed by atoms with E-state index in [0.717, 1.165) is 0 Å². The molecule has 2 heterocycles. The van der Waals surface area contributed by atoms with Gasteiger partial charge in [-0.05, 0) is 62.4 Å². The Labute approximate surface area is 186 Å². The van der Waals surface area contributed by atoms with E-state index in [1.165, 1.54) is 35.6 Å². The predicted octanol–water partition coefficient (Wildman–Crippen LogP) is 3.32. The summed E-state index contributed by atoms with van der Waals surface area (Å²) in [7, 11) is -4.25. The van der Waals surface area contributed by atoms with E-state index in [1.807, 2.05) is 18.4 Å². The van der Waals surface area contributed by atoms with E-state index in [-0.39, 0.29) is 23.5 Å². The van der Waals surface area contributed by atoms with Gasteiger partial charge in [0.15, 0.2) is 0 Å². The molecule has 0 radical (unpaired) electrons. The van der Waals surface area contributed by atoms with Gasteiger partial charge in [0.25, 0.3) is 5.91 Å². The van der Waals surface area contributed by atoms with Crippen LogP contribution in [0.4, 0.5) is 0 Å². The number of rotatable bonds is 6. The van der Waals surface area contributed by atoms with Crippen molar-refractivity contribution in [1.82, 2.24) is 4.90 Å². The highest BCUT2D eigenvalue weighted by Crippen LogP contribution is 2.28. The molecule has 0 bridgehead atoms. The molecule has 1 fully saturated rings. The molecule has 1 saturated heterocycles. The number of piperidine rings is 1. The highest BCUT2D eigenvalue weighted by Gasteiger charge is 2.35. The second-order valence-corrected chi connectivity index (χ2v) is 9.58. The summed E-state index contributed by atoms with van der Waals surface area (Å²) in [4.78, 5) is 27.3. The molecule has 0 spiro atoms. The largest absolute Gasteiger partial charge is 0.481 e. The average molecular weight is 462 g/mol. The van der Waals surface area contributed by atoms with E-state index >= 15 is 0 Å². The fraction of sp³-hybridized carbons (Fsp3) is 0.364. The molecule has 2 unspecified atom stereocenters. The monoisotopic (exact) mass is 461 g/mol. The zero-order chi connectivity index (χ0) is 22.4. The molecular formula is C22H23NO6S2. The Hall–Kier alpha value is -2.83. The van der Waals surface area contributed by atoms with Gasteiger partial charge in [0.05, 0.1) is 10.8 Å². The number of ether oxygens (including phenoxy) is 1. The molecule has 2 atom stereocenters. The molecule has 1 aromatic heterocycles. The van der Waals surface area contributed by atoms with Crippen LogP contribution in [0.5, 0.6) is 5.75 Å². The summed E-state index contributed by atoms with van der Waals surface area (Å²) in [5.41, 5.74) is 0. The summed E-state index contributed by atoms with van der Waals surface area (Å²) in [6.45, 7) is 4.11. The van der Waals surface area contributed by atoms with Gasteiger partial charge >= 0.3 is 16.1 Å². The fourth-order valence-electron chi connectivity index (χ4n) is 3.35. The van der Waals surface area contributed by atoms with Crippen LogP contribution >= 0.6 is 11.3 Å². The summed E-state index contributed by atoms with van der Waals surface area (Å²) >= 11 is 1.37. The number of thiophene rings is 1. The van der Waals surface area contributed by atoms with Crippen LogP contribution in [-0.2, 0) is 19.1 Å². The zero-order valence-electron chi connectivity index (χ0n) is 17.2. The van der Waals surface area contributed by atoms with E-state index in [9.17, 15) is 18.0 Å². The third-order valence-corrected chi connectivity index (χ3v) is 7.09. The molecule has 1 aliphatic heterocycles. The van der Waals surface area contributed by atoms with E-state index in [4.69, 9.17) is 8.92 Å². The van der Waals surface area contributed by atoms with Gasteiger partial charge in [-0.1, -0.05) is 12.0 Å². The van der Waals surface area contributed by atoms with Gasteiger partial charge in [-0.15, -0.1) is 17.3 Å². The first-order chi connectivity index (χ1) is 14.8. The van der Waals surface area contributed by atoms with Crippen LogP contribution in [0, 0.1) is 17.8 Å². The number of carbonyl (C=O) groups excluding carboxylic acids is 2. The molecule has 1 aliphatic rings. The molecule has 0 N–H and O–H groups in total. The van der Waals surface area contributed by atoms with Crippen LogP contribution < -0.4 is 4.74 Å². The van der Waals surface area contributed by atoms with Crippen molar-refractivity contribution >= 4 is 33.3 Å². The molecule has 9 heteroatoms. The van der Waals surface area contributed by atoms with Gasteiger partial charge in [-0.2, -0.15) is 8.42 Å². The summed E-state index contributed by atoms with van der Waals surface area (Å²) in [5.74, 6) is 4.44. The standard InChI is InChI=1S/C22H23NO6S2/c1-3-4-13-28-18-7-9-19(10-8-18)31(26,27)29-22(25)17-11-12-23(16(2)15-17)21(24)20-6-5-14-30-20/h5-10,14,16-17H,11-13,15H2,1-2H3. The van der Waals surface area contributed by atoms with Crippen molar-refractivity contribution in [2.45, 2.75) is 37.6 Å². The fourth-order valence-corrected chi connectivity index (χ4v) is 4.95. The third-order valence-electron chi connectivity index (χ3n) is 4.99. The van der Waals surface area contributed by atoms with Gasteiger partial charge in [0, 0.05) is 12.6 Å². The first-order valence-corrected chi connectivity index (χ1v) is 12.1. The Morgan fingerprint density at radius 3 is 2.58 bits per heavy atom. The second kappa shape index (κ2) is 9.98. The molecule has 31 heavy (non-hydrogen) atoms. The molecule has 3 rings (SSSR count). The lowest BCUT2D eigenvalue weighted by atomic mass is 9.91. The SMILES string of the molecule is CC#CCOc1ccc(S(=O)(=O)OC(=O)C2CCN(C(=O)c3cccs3)C(C)C2)cc1. The number of nitrogens with zero attached hydrogens (tertiary/aromatic N) is 1. The van der Waals surface area contributed by atoms with Gasteiger partial charge in [0.2, 0.25) is 0 Å². The van der Waals surface area contributed by atoms with Crippen LogP contribution in [0.15, 0.2) is 46.7 Å². The van der Waals surface area contributed by atoms with Crippen molar-refractivity contribution in [2.75, 3.05) is 13.2 Å². The van der Waals surface area contributed by atoms with Crippen LogP contribution in [0.1, 0.15) is 36.4 Å². The maximum Gasteiger partial charge on any atom is 0.341 e. The lowest BCUT2D eigenvalue weighted by Gasteiger charge is -2.36. The summed E-state index contributed by atoms with van der Waals surface area (Å²) in [5, 5.41) is 1.84. The van der Waals surface area contributed by atoms with Gasteiger partial charge in [-0.25, -0.2) is 0 Å². The summed E-state index contributed by atoms with van der Waals surface area (Å²) < 4.78 is 35.2. The van der Waals surface area contributed by atoms with Crippen LogP contribution in [0.25, 0.3) is 0 Å². The Kier molecular flexibility index (Phi) is 7.36. The Morgan fingerprint density at radius 1 is 1.23 bits per heavy atom. The molecule has 2 aromatic rings. The van der Waals surface area contributed by atoms with Crippen molar-refractivity contribution in [3.05, 3.63) is 46.7 Å². The van der Waals surface area contributed by atoms with Crippen molar-refractivity contribution in [3.63, 3.8) is 0 Å². The smallest absolute Gasteiger partial charge is 0.341 e. The number of likely N-dealkylation sites (tertiary alicyclic amines) is 1. The summed E-state index contributed by atoms with van der Waals surface area (Å²) in [6, 6.07) is 8.98. The van der Waals surface area contributed by atoms with Crippen molar-refractivity contribution < 1.29 is 26.9 Å².